The quantitative estimate of drug-likeness (QED) is 0.535. The summed E-state index contributed by atoms with van der Waals surface area (Å²) in [6, 6.07) is 0. The summed E-state index contributed by atoms with van der Waals surface area (Å²) in [5.41, 5.74) is 4.90. The molecule has 1 heterocycles. The Morgan fingerprint density at radius 2 is 2.58 bits per heavy atom. The minimum atomic E-state index is -0.375. The molecule has 0 saturated carbocycles. The number of rotatable bonds is 5. The topological polar surface area (TPSA) is 94.0 Å². The highest BCUT2D eigenvalue weighted by Crippen LogP contribution is 1.89. The predicted molar refractivity (Wildman–Crippen MR) is 40.1 cm³/mol. The van der Waals surface area contributed by atoms with Gasteiger partial charge in [0.1, 0.15) is 0 Å². The van der Waals surface area contributed by atoms with Gasteiger partial charge in [-0.3, -0.25) is 4.79 Å². The monoisotopic (exact) mass is 170 g/mol. The average molecular weight is 170 g/mol. The van der Waals surface area contributed by atoms with Gasteiger partial charge in [-0.2, -0.15) is 4.98 Å². The molecule has 1 aromatic heterocycles. The van der Waals surface area contributed by atoms with E-state index in [-0.39, 0.29) is 12.5 Å². The van der Waals surface area contributed by atoms with Crippen molar-refractivity contribution in [1.82, 2.24) is 15.5 Å². The first-order valence-corrected chi connectivity index (χ1v) is 3.53. The van der Waals surface area contributed by atoms with Crippen molar-refractivity contribution in [2.24, 2.45) is 5.73 Å². The number of amides is 1. The highest BCUT2D eigenvalue weighted by molar-refractivity contribution is 5.75. The van der Waals surface area contributed by atoms with Gasteiger partial charge >= 0.3 is 0 Å². The number of carbonyl (C=O) groups excluding carboxylic acids is 1. The number of hydrogen-bond acceptors (Lipinski definition) is 5. The first-order valence-electron chi connectivity index (χ1n) is 3.53. The molecule has 0 aliphatic carbocycles. The predicted octanol–water partition coefficient (Wildman–Crippen LogP) is -1.31. The largest absolute Gasteiger partial charge is 0.369 e. The first-order chi connectivity index (χ1) is 5.79. The van der Waals surface area contributed by atoms with Crippen molar-refractivity contribution in [2.75, 3.05) is 13.1 Å². The van der Waals surface area contributed by atoms with Gasteiger partial charge < -0.3 is 15.6 Å². The Morgan fingerprint density at radius 3 is 3.17 bits per heavy atom. The second-order valence-corrected chi connectivity index (χ2v) is 2.23. The van der Waals surface area contributed by atoms with Crippen LogP contribution in [0.25, 0.3) is 0 Å². The van der Waals surface area contributed by atoms with E-state index in [2.05, 4.69) is 15.5 Å². The molecule has 0 aliphatic rings. The summed E-state index contributed by atoms with van der Waals surface area (Å²) in [6.45, 7) is 0.777. The van der Waals surface area contributed by atoms with Gasteiger partial charge in [-0.15, -0.1) is 0 Å². The molecule has 0 aromatic carbocycles. The van der Waals surface area contributed by atoms with Crippen molar-refractivity contribution >= 4 is 5.91 Å². The van der Waals surface area contributed by atoms with Gasteiger partial charge in [-0.05, 0) is 0 Å². The minimum absolute atomic E-state index is 0.175. The Labute approximate surface area is 69.1 Å². The van der Waals surface area contributed by atoms with Crippen LogP contribution in [0.15, 0.2) is 10.9 Å². The number of nitrogens with one attached hydrogen (secondary N) is 1. The van der Waals surface area contributed by atoms with Gasteiger partial charge in [0.15, 0.2) is 6.33 Å². The van der Waals surface area contributed by atoms with Gasteiger partial charge in [-0.1, -0.05) is 5.16 Å². The van der Waals surface area contributed by atoms with Crippen LogP contribution in [-0.4, -0.2) is 29.1 Å². The van der Waals surface area contributed by atoms with E-state index in [1.807, 2.05) is 0 Å². The number of hydrogen-bond donors (Lipinski definition) is 2. The van der Waals surface area contributed by atoms with E-state index in [0.717, 1.165) is 0 Å². The van der Waals surface area contributed by atoms with E-state index in [1.54, 1.807) is 0 Å². The molecule has 1 rings (SSSR count). The van der Waals surface area contributed by atoms with E-state index >= 15 is 0 Å². The Bertz CT molecular complexity index is 234. The third-order valence-corrected chi connectivity index (χ3v) is 1.22. The van der Waals surface area contributed by atoms with Crippen LogP contribution in [0.1, 0.15) is 5.89 Å². The first kappa shape index (κ1) is 8.66. The van der Waals surface area contributed by atoms with Crippen molar-refractivity contribution in [3.63, 3.8) is 0 Å². The Morgan fingerprint density at radius 1 is 1.75 bits per heavy atom. The Balaban J connectivity index is 2.07. The van der Waals surface area contributed by atoms with Crippen molar-refractivity contribution in [1.29, 1.82) is 0 Å². The van der Waals surface area contributed by atoms with Gasteiger partial charge in [0.2, 0.25) is 11.8 Å². The molecule has 6 nitrogen and oxygen atoms in total. The lowest BCUT2D eigenvalue weighted by Crippen LogP contribution is -2.29. The van der Waals surface area contributed by atoms with Crippen LogP contribution in [-0.2, 0) is 11.2 Å². The van der Waals surface area contributed by atoms with Crippen LogP contribution in [0.2, 0.25) is 0 Å². The number of aromatic nitrogens is 2. The Hall–Kier alpha value is -1.43. The summed E-state index contributed by atoms with van der Waals surface area (Å²) < 4.78 is 4.72. The molecule has 0 saturated heterocycles. The lowest BCUT2D eigenvalue weighted by Gasteiger charge is -1.97. The summed E-state index contributed by atoms with van der Waals surface area (Å²) in [4.78, 5) is 14.1. The molecule has 0 atom stereocenters. The van der Waals surface area contributed by atoms with Crippen LogP contribution < -0.4 is 11.1 Å². The zero-order valence-corrected chi connectivity index (χ0v) is 6.49. The van der Waals surface area contributed by atoms with Crippen LogP contribution in [0.5, 0.6) is 0 Å². The standard InChI is InChI=1S/C6H10N4O2/c7-5(11)3-8-2-1-6-9-4-10-12-6/h4,8H,1-3H2,(H2,7,11). The van der Waals surface area contributed by atoms with Gasteiger partial charge in [0, 0.05) is 13.0 Å². The summed E-state index contributed by atoms with van der Waals surface area (Å²) in [6.07, 6.45) is 1.94. The highest BCUT2D eigenvalue weighted by atomic mass is 16.5. The van der Waals surface area contributed by atoms with Crippen molar-refractivity contribution in [2.45, 2.75) is 6.42 Å². The molecule has 0 aliphatic heterocycles. The van der Waals surface area contributed by atoms with Gasteiger partial charge in [-0.25, -0.2) is 0 Å². The smallest absolute Gasteiger partial charge is 0.231 e. The number of carbonyl (C=O) groups is 1. The normalized spacial score (nSPS) is 10.0. The number of nitrogens with two attached hydrogens (primary N) is 1. The van der Waals surface area contributed by atoms with Crippen molar-refractivity contribution < 1.29 is 9.32 Å². The van der Waals surface area contributed by atoms with Gasteiger partial charge in [0.25, 0.3) is 0 Å². The van der Waals surface area contributed by atoms with Crippen molar-refractivity contribution in [3.8, 4) is 0 Å². The lowest BCUT2D eigenvalue weighted by atomic mass is 10.4. The van der Waals surface area contributed by atoms with E-state index in [0.29, 0.717) is 18.9 Å². The molecule has 0 unspecified atom stereocenters. The minimum Gasteiger partial charge on any atom is -0.369 e. The van der Waals surface area contributed by atoms with Crippen LogP contribution >= 0.6 is 0 Å². The molecule has 66 valence electrons. The third kappa shape index (κ3) is 3.11. The molecule has 0 spiro atoms. The van der Waals surface area contributed by atoms with E-state index < -0.39 is 0 Å². The van der Waals surface area contributed by atoms with E-state index in [1.165, 1.54) is 6.33 Å². The zero-order valence-electron chi connectivity index (χ0n) is 6.49. The van der Waals surface area contributed by atoms with Crippen LogP contribution in [0.3, 0.4) is 0 Å². The number of nitrogens with zero attached hydrogens (tertiary/aromatic N) is 2. The molecule has 0 radical (unpaired) electrons. The molecular weight excluding hydrogens is 160 g/mol. The van der Waals surface area contributed by atoms with Gasteiger partial charge in [0.05, 0.1) is 6.54 Å². The second kappa shape index (κ2) is 4.45. The molecule has 6 heteroatoms. The van der Waals surface area contributed by atoms with Crippen LogP contribution in [0, 0.1) is 0 Å². The summed E-state index contributed by atoms with van der Waals surface area (Å²) in [7, 11) is 0. The maximum Gasteiger partial charge on any atom is 0.231 e. The fraction of sp³-hybridized carbons (Fsp3) is 0.500. The maximum atomic E-state index is 10.3. The molecule has 12 heavy (non-hydrogen) atoms. The second-order valence-electron chi connectivity index (χ2n) is 2.23. The SMILES string of the molecule is NC(=O)CNCCc1ncno1. The summed E-state index contributed by atoms with van der Waals surface area (Å²) in [5, 5.41) is 6.25. The van der Waals surface area contributed by atoms with E-state index in [9.17, 15) is 4.79 Å². The molecule has 1 amide bonds. The third-order valence-electron chi connectivity index (χ3n) is 1.22. The maximum absolute atomic E-state index is 10.3. The zero-order chi connectivity index (χ0) is 8.81. The molecule has 0 bridgehead atoms. The lowest BCUT2D eigenvalue weighted by molar-refractivity contribution is -0.117. The number of primary amides is 1. The average Bonchev–Trinajstić information content (AvgIpc) is 2.49. The fourth-order valence-electron chi connectivity index (χ4n) is 0.713. The summed E-state index contributed by atoms with van der Waals surface area (Å²) >= 11 is 0. The fourth-order valence-corrected chi connectivity index (χ4v) is 0.713. The van der Waals surface area contributed by atoms with Crippen molar-refractivity contribution in [3.05, 3.63) is 12.2 Å². The summed E-state index contributed by atoms with van der Waals surface area (Å²) in [5.74, 6) is 0.174. The molecular formula is C6H10N4O2. The van der Waals surface area contributed by atoms with E-state index in [4.69, 9.17) is 10.3 Å². The molecule has 0 fully saturated rings. The Kier molecular flexibility index (Phi) is 3.21. The van der Waals surface area contributed by atoms with Crippen LogP contribution in [0.4, 0.5) is 0 Å². The molecule has 1 aromatic rings. The highest BCUT2D eigenvalue weighted by Gasteiger charge is 1.98. The molecule has 3 N–H and O–H groups in total.